The van der Waals surface area contributed by atoms with Crippen LogP contribution in [0.2, 0.25) is 0 Å². The van der Waals surface area contributed by atoms with Crippen molar-refractivity contribution in [3.05, 3.63) is 10.6 Å². The highest BCUT2D eigenvalue weighted by molar-refractivity contribution is 7.15. The van der Waals surface area contributed by atoms with Crippen molar-refractivity contribution in [2.24, 2.45) is 0 Å². The Morgan fingerprint density at radius 3 is 3.17 bits per heavy atom. The Morgan fingerprint density at radius 2 is 2.33 bits per heavy atom. The van der Waals surface area contributed by atoms with Crippen molar-refractivity contribution in [3.8, 4) is 0 Å². The van der Waals surface area contributed by atoms with Gasteiger partial charge in [-0.3, -0.25) is 4.79 Å². The number of hydrogen-bond acceptors (Lipinski definition) is 5. The fourth-order valence-corrected chi connectivity index (χ4v) is 3.67. The van der Waals surface area contributed by atoms with Gasteiger partial charge in [0.15, 0.2) is 5.13 Å². The maximum absolute atomic E-state index is 11.5. The molecule has 2 N–H and O–H groups in total. The average Bonchev–Trinajstić information content (AvgIpc) is 2.67. The van der Waals surface area contributed by atoms with Gasteiger partial charge in [0.1, 0.15) is 0 Å². The minimum absolute atomic E-state index is 0.0567. The molecule has 0 bridgehead atoms. The van der Waals surface area contributed by atoms with Crippen LogP contribution in [0, 0.1) is 0 Å². The third kappa shape index (κ3) is 2.22. The molecular weight excluding hydrogens is 250 g/mol. The van der Waals surface area contributed by atoms with Crippen molar-refractivity contribution >= 4 is 22.4 Å². The zero-order valence-corrected chi connectivity index (χ0v) is 11.0. The zero-order chi connectivity index (χ0) is 12.5. The number of rotatable bonds is 1. The Balaban J connectivity index is 1.85. The molecule has 0 radical (unpaired) electrons. The van der Waals surface area contributed by atoms with E-state index in [1.807, 2.05) is 4.90 Å². The van der Waals surface area contributed by atoms with Crippen molar-refractivity contribution in [3.63, 3.8) is 0 Å². The van der Waals surface area contributed by atoms with Gasteiger partial charge in [-0.05, 0) is 25.7 Å². The second-order valence-corrected chi connectivity index (χ2v) is 5.90. The number of aromatic nitrogens is 1. The minimum atomic E-state index is -0.417. The largest absolute Gasteiger partial charge is 0.387 e. The number of nitrogens with zero attached hydrogens (tertiary/aromatic N) is 2. The molecule has 1 saturated heterocycles. The van der Waals surface area contributed by atoms with Gasteiger partial charge in [-0.25, -0.2) is 4.98 Å². The molecule has 1 aliphatic heterocycles. The summed E-state index contributed by atoms with van der Waals surface area (Å²) in [6.07, 6.45) is 3.36. The molecule has 3 rings (SSSR count). The summed E-state index contributed by atoms with van der Waals surface area (Å²) in [6.45, 7) is 1.97. The molecule has 2 heterocycles. The molecule has 98 valence electrons. The van der Waals surface area contributed by atoms with E-state index in [1.165, 1.54) is 4.88 Å². The predicted octanol–water partition coefficient (Wildman–Crippen LogP) is 0.839. The lowest BCUT2D eigenvalue weighted by atomic mass is 10.0. The van der Waals surface area contributed by atoms with Crippen molar-refractivity contribution < 1.29 is 9.90 Å². The van der Waals surface area contributed by atoms with Gasteiger partial charge < -0.3 is 15.3 Å². The molecule has 0 spiro atoms. The van der Waals surface area contributed by atoms with Crippen LogP contribution in [0.3, 0.4) is 0 Å². The highest BCUT2D eigenvalue weighted by Crippen LogP contribution is 2.36. The van der Waals surface area contributed by atoms with Crippen LogP contribution in [0.5, 0.6) is 0 Å². The van der Waals surface area contributed by atoms with Crippen LogP contribution in [0.25, 0.3) is 0 Å². The van der Waals surface area contributed by atoms with E-state index in [9.17, 15) is 9.90 Å². The van der Waals surface area contributed by atoms with Crippen LogP contribution in [-0.2, 0) is 11.2 Å². The molecule has 6 heteroatoms. The lowest BCUT2D eigenvalue weighted by molar-refractivity contribution is -0.119. The zero-order valence-electron chi connectivity index (χ0n) is 10.2. The summed E-state index contributed by atoms with van der Waals surface area (Å²) >= 11 is 1.63. The third-order valence-electron chi connectivity index (χ3n) is 3.45. The lowest BCUT2D eigenvalue weighted by Gasteiger charge is -2.17. The number of carbonyl (C=O) groups excluding carboxylic acids is 1. The van der Waals surface area contributed by atoms with Gasteiger partial charge in [0.2, 0.25) is 5.91 Å². The molecule has 1 aliphatic carbocycles. The molecule has 1 aromatic heterocycles. The van der Waals surface area contributed by atoms with Crippen LogP contribution >= 0.6 is 11.3 Å². The van der Waals surface area contributed by atoms with Crippen LogP contribution in [0.1, 0.15) is 35.9 Å². The summed E-state index contributed by atoms with van der Waals surface area (Å²) in [5.41, 5.74) is 0.839. The normalized spacial score (nSPS) is 24.4. The summed E-state index contributed by atoms with van der Waals surface area (Å²) in [5, 5.41) is 13.7. The molecule has 2 aliphatic rings. The van der Waals surface area contributed by atoms with Crippen LogP contribution in [0.15, 0.2) is 0 Å². The number of hydrogen-bond donors (Lipinski definition) is 2. The highest BCUT2D eigenvalue weighted by Gasteiger charge is 2.25. The van der Waals surface area contributed by atoms with Gasteiger partial charge in [0.25, 0.3) is 0 Å². The van der Waals surface area contributed by atoms with Crippen molar-refractivity contribution in [1.82, 2.24) is 10.3 Å². The summed E-state index contributed by atoms with van der Waals surface area (Å²) in [7, 11) is 0. The summed E-state index contributed by atoms with van der Waals surface area (Å²) in [5.74, 6) is 0.0567. The standard InChI is InChI=1S/C12H17N3O2S/c16-8-3-1-4-9-11(8)14-12(18-9)15-6-2-5-13-10(17)7-15/h8,16H,1-7H2,(H,13,17). The fourth-order valence-electron chi connectivity index (χ4n) is 2.49. The van der Waals surface area contributed by atoms with E-state index in [-0.39, 0.29) is 5.91 Å². The van der Waals surface area contributed by atoms with Crippen molar-refractivity contribution in [1.29, 1.82) is 0 Å². The third-order valence-corrected chi connectivity index (χ3v) is 4.64. The van der Waals surface area contributed by atoms with Gasteiger partial charge >= 0.3 is 0 Å². The van der Waals surface area contributed by atoms with E-state index in [4.69, 9.17) is 0 Å². The minimum Gasteiger partial charge on any atom is -0.387 e. The Labute approximate surface area is 110 Å². The Morgan fingerprint density at radius 1 is 1.44 bits per heavy atom. The smallest absolute Gasteiger partial charge is 0.239 e. The van der Waals surface area contributed by atoms with Gasteiger partial charge in [-0.15, -0.1) is 11.3 Å². The number of aryl methyl sites for hydroxylation is 1. The second-order valence-electron chi connectivity index (χ2n) is 4.84. The van der Waals surface area contributed by atoms with E-state index in [1.54, 1.807) is 11.3 Å². The van der Waals surface area contributed by atoms with Gasteiger partial charge in [-0.1, -0.05) is 0 Å². The number of nitrogens with one attached hydrogen (secondary N) is 1. The Bertz CT molecular complexity index is 460. The predicted molar refractivity (Wildman–Crippen MR) is 69.9 cm³/mol. The van der Waals surface area contributed by atoms with Gasteiger partial charge in [-0.2, -0.15) is 0 Å². The monoisotopic (exact) mass is 267 g/mol. The first-order chi connectivity index (χ1) is 8.74. The first-order valence-electron chi connectivity index (χ1n) is 6.43. The molecule has 1 amide bonds. The number of amides is 1. The Kier molecular flexibility index (Phi) is 3.22. The summed E-state index contributed by atoms with van der Waals surface area (Å²) < 4.78 is 0. The number of carbonyl (C=O) groups is 1. The Hall–Kier alpha value is -1.14. The molecule has 1 unspecified atom stereocenters. The topological polar surface area (TPSA) is 65.5 Å². The summed E-state index contributed by atoms with van der Waals surface area (Å²) in [6, 6.07) is 0. The van der Waals surface area contributed by atoms with Gasteiger partial charge in [0.05, 0.1) is 18.3 Å². The van der Waals surface area contributed by atoms with Crippen molar-refractivity contribution in [2.45, 2.75) is 31.8 Å². The molecule has 0 saturated carbocycles. The molecule has 5 nitrogen and oxygen atoms in total. The van der Waals surface area contributed by atoms with Crippen LogP contribution in [-0.4, -0.2) is 35.6 Å². The molecule has 0 aromatic carbocycles. The van der Waals surface area contributed by atoms with E-state index >= 15 is 0 Å². The summed E-state index contributed by atoms with van der Waals surface area (Å²) in [4.78, 5) is 19.3. The molecule has 1 fully saturated rings. The maximum atomic E-state index is 11.5. The lowest BCUT2D eigenvalue weighted by Crippen LogP contribution is -2.32. The van der Waals surface area contributed by atoms with Crippen LogP contribution in [0.4, 0.5) is 5.13 Å². The molecular formula is C12H17N3O2S. The maximum Gasteiger partial charge on any atom is 0.239 e. The van der Waals surface area contributed by atoms with E-state index in [2.05, 4.69) is 10.3 Å². The number of anilines is 1. The first-order valence-corrected chi connectivity index (χ1v) is 7.25. The molecule has 1 atom stereocenters. The van der Waals surface area contributed by atoms with E-state index in [0.29, 0.717) is 6.54 Å². The average molecular weight is 267 g/mol. The second kappa shape index (κ2) is 4.85. The fraction of sp³-hybridized carbons (Fsp3) is 0.667. The number of fused-ring (bicyclic) bond motifs is 1. The van der Waals surface area contributed by atoms with Crippen LogP contribution < -0.4 is 10.2 Å². The first kappa shape index (κ1) is 11.9. The number of aliphatic hydroxyl groups excluding tert-OH is 1. The highest BCUT2D eigenvalue weighted by atomic mass is 32.1. The van der Waals surface area contributed by atoms with Crippen molar-refractivity contribution in [2.75, 3.05) is 24.5 Å². The number of aliphatic hydroxyl groups is 1. The van der Waals surface area contributed by atoms with E-state index < -0.39 is 6.10 Å². The molecule has 1 aromatic rings. The van der Waals surface area contributed by atoms with Gasteiger partial charge in [0, 0.05) is 18.0 Å². The number of thiazole rings is 1. The van der Waals surface area contributed by atoms with E-state index in [0.717, 1.165) is 49.6 Å². The quantitative estimate of drug-likeness (QED) is 0.791. The SMILES string of the molecule is O=C1CN(c2nc3c(s2)CCCC3O)CCCN1. The molecule has 18 heavy (non-hydrogen) atoms.